The van der Waals surface area contributed by atoms with Crippen molar-refractivity contribution in [2.24, 2.45) is 0 Å². The van der Waals surface area contributed by atoms with Crippen molar-refractivity contribution < 1.29 is 13.6 Å². The van der Waals surface area contributed by atoms with Crippen LogP contribution in [-0.2, 0) is 13.6 Å². The monoisotopic (exact) mass is 289 g/mol. The molecule has 2 atom stereocenters. The minimum Gasteiger partial charge on any atom is -0.396 e. The average Bonchev–Trinajstić information content (AvgIpc) is 2.47. The van der Waals surface area contributed by atoms with Gasteiger partial charge in [0.2, 0.25) is 0 Å². The highest BCUT2D eigenvalue weighted by atomic mass is 28.4. The maximum atomic E-state index is 6.08. The Bertz CT molecular complexity index is 261. The van der Waals surface area contributed by atoms with Crippen LogP contribution >= 0.6 is 0 Å². The largest absolute Gasteiger partial charge is 0.396 e. The average molecular weight is 289 g/mol. The third kappa shape index (κ3) is 3.05. The van der Waals surface area contributed by atoms with Crippen LogP contribution in [0.2, 0.25) is 6.04 Å². The Morgan fingerprint density at radius 1 is 1.21 bits per heavy atom. The Morgan fingerprint density at radius 3 is 2.37 bits per heavy atom. The highest BCUT2D eigenvalue weighted by Crippen LogP contribution is 2.43. The lowest BCUT2D eigenvalue weighted by Crippen LogP contribution is -2.72. The van der Waals surface area contributed by atoms with E-state index in [0.29, 0.717) is 6.04 Å². The van der Waals surface area contributed by atoms with E-state index in [1.165, 1.54) is 19.3 Å². The summed E-state index contributed by atoms with van der Waals surface area (Å²) in [7, 11) is 5.10. The molecule has 0 aromatic heterocycles. The molecule has 1 aliphatic rings. The van der Waals surface area contributed by atoms with E-state index in [9.17, 15) is 0 Å². The van der Waals surface area contributed by atoms with E-state index in [1.807, 2.05) is 14.2 Å². The lowest BCUT2D eigenvalue weighted by Gasteiger charge is -2.52. The highest BCUT2D eigenvalue weighted by Gasteiger charge is 2.62. The summed E-state index contributed by atoms with van der Waals surface area (Å²) in [5.74, 6) is 0. The molecule has 0 radical (unpaired) electrons. The summed E-state index contributed by atoms with van der Waals surface area (Å²) in [6, 6.07) is 1.35. The summed E-state index contributed by atoms with van der Waals surface area (Å²) in [5, 5.41) is 3.18. The van der Waals surface area contributed by atoms with E-state index in [4.69, 9.17) is 13.6 Å². The second-order valence-electron chi connectivity index (χ2n) is 5.45. The van der Waals surface area contributed by atoms with Gasteiger partial charge in [0.15, 0.2) is 0 Å². The predicted molar refractivity (Wildman–Crippen MR) is 80.5 cm³/mol. The van der Waals surface area contributed by atoms with Crippen LogP contribution in [0.1, 0.15) is 45.4 Å². The van der Waals surface area contributed by atoms with Crippen LogP contribution < -0.4 is 5.32 Å². The molecule has 1 heterocycles. The van der Waals surface area contributed by atoms with Gasteiger partial charge in [0.1, 0.15) is 5.22 Å². The van der Waals surface area contributed by atoms with E-state index in [2.05, 4.69) is 12.2 Å². The molecular weight excluding hydrogens is 258 g/mol. The third-order valence-corrected chi connectivity index (χ3v) is 9.15. The normalized spacial score (nSPS) is 30.5. The molecule has 0 amide bonds. The van der Waals surface area contributed by atoms with Crippen LogP contribution in [-0.4, -0.2) is 48.2 Å². The molecule has 2 unspecified atom stereocenters. The van der Waals surface area contributed by atoms with Crippen LogP contribution in [0.4, 0.5) is 0 Å². The molecule has 0 aromatic carbocycles. The quantitative estimate of drug-likeness (QED) is 0.551. The van der Waals surface area contributed by atoms with Crippen LogP contribution in [0.5, 0.6) is 0 Å². The van der Waals surface area contributed by atoms with Crippen molar-refractivity contribution >= 4 is 8.56 Å². The van der Waals surface area contributed by atoms with Gasteiger partial charge in [0, 0.05) is 27.4 Å². The van der Waals surface area contributed by atoms with E-state index < -0.39 is 8.56 Å². The number of nitrogens with one attached hydrogen (secondary N) is 1. The number of hydrogen-bond donors (Lipinski definition) is 1. The van der Waals surface area contributed by atoms with Gasteiger partial charge in [-0.15, -0.1) is 0 Å². The fraction of sp³-hybridized carbons (Fsp3) is 1.00. The minimum absolute atomic E-state index is 0.265. The summed E-state index contributed by atoms with van der Waals surface area (Å²) in [6.07, 6.45) is 6.94. The van der Waals surface area contributed by atoms with Crippen LogP contribution in [0, 0.1) is 0 Å². The molecule has 1 rings (SSSR count). The van der Waals surface area contributed by atoms with Gasteiger partial charge in [-0.25, -0.2) is 0 Å². The zero-order chi connectivity index (χ0) is 14.4. The van der Waals surface area contributed by atoms with E-state index in [0.717, 1.165) is 25.3 Å². The standard InChI is InChI=1S/C14H31NO3Si/c1-6-7-8-11-14(16-3)13(15-2)10-9-12-19(14,17-4)18-5/h13,15H,6-12H2,1-5H3. The zero-order valence-electron chi connectivity index (χ0n) is 13.3. The Kier molecular flexibility index (Phi) is 6.97. The summed E-state index contributed by atoms with van der Waals surface area (Å²) < 4.78 is 18.0. The van der Waals surface area contributed by atoms with Gasteiger partial charge in [0.25, 0.3) is 0 Å². The number of ether oxygens (including phenoxy) is 1. The molecule has 0 spiro atoms. The maximum Gasteiger partial charge on any atom is 0.372 e. The second kappa shape index (κ2) is 7.74. The molecule has 1 N–H and O–H groups in total. The molecule has 1 aliphatic heterocycles. The second-order valence-corrected chi connectivity index (χ2v) is 9.11. The number of hydrogen-bond acceptors (Lipinski definition) is 4. The summed E-state index contributed by atoms with van der Waals surface area (Å²) in [4.78, 5) is 0. The van der Waals surface area contributed by atoms with Crippen molar-refractivity contribution in [2.45, 2.75) is 62.8 Å². The third-order valence-electron chi connectivity index (χ3n) is 4.73. The first-order valence-electron chi connectivity index (χ1n) is 7.49. The molecule has 0 aliphatic carbocycles. The maximum absolute atomic E-state index is 6.08. The first kappa shape index (κ1) is 17.1. The van der Waals surface area contributed by atoms with Crippen molar-refractivity contribution in [3.05, 3.63) is 0 Å². The lowest BCUT2D eigenvalue weighted by atomic mass is 9.98. The summed E-state index contributed by atoms with van der Waals surface area (Å²) in [6.45, 7) is 2.23. The minimum atomic E-state index is -2.33. The predicted octanol–water partition coefficient (Wildman–Crippen LogP) is 2.61. The van der Waals surface area contributed by atoms with Gasteiger partial charge in [-0.3, -0.25) is 0 Å². The first-order chi connectivity index (χ1) is 9.16. The number of methoxy groups -OCH3 is 1. The fourth-order valence-corrected chi connectivity index (χ4v) is 7.71. The van der Waals surface area contributed by atoms with Gasteiger partial charge in [-0.1, -0.05) is 26.2 Å². The molecule has 0 saturated carbocycles. The van der Waals surface area contributed by atoms with E-state index >= 15 is 0 Å². The molecular formula is C14H31NO3Si. The summed E-state index contributed by atoms with van der Waals surface area (Å²) >= 11 is 0. The van der Waals surface area contributed by atoms with Gasteiger partial charge in [-0.05, 0) is 32.4 Å². The number of rotatable bonds is 8. The Labute approximate surface area is 119 Å². The molecule has 1 saturated heterocycles. The van der Waals surface area contributed by atoms with Crippen molar-refractivity contribution in [3.63, 3.8) is 0 Å². The lowest BCUT2D eigenvalue weighted by molar-refractivity contribution is -0.0365. The molecule has 114 valence electrons. The summed E-state index contributed by atoms with van der Waals surface area (Å²) in [5.41, 5.74) is 0. The molecule has 5 heteroatoms. The number of unbranched alkanes of at least 4 members (excludes halogenated alkanes) is 2. The van der Waals surface area contributed by atoms with Crippen molar-refractivity contribution in [2.75, 3.05) is 28.4 Å². The Morgan fingerprint density at radius 2 is 1.89 bits per heavy atom. The van der Waals surface area contributed by atoms with Crippen molar-refractivity contribution in [1.29, 1.82) is 0 Å². The smallest absolute Gasteiger partial charge is 0.372 e. The van der Waals surface area contributed by atoms with E-state index in [-0.39, 0.29) is 5.22 Å². The molecule has 0 bridgehead atoms. The highest BCUT2D eigenvalue weighted by molar-refractivity contribution is 6.71. The van der Waals surface area contributed by atoms with Gasteiger partial charge in [-0.2, -0.15) is 0 Å². The Hall–Kier alpha value is 0.0569. The van der Waals surface area contributed by atoms with Gasteiger partial charge in [0.05, 0.1) is 0 Å². The topological polar surface area (TPSA) is 39.7 Å². The SMILES string of the molecule is CCCCCC1(OC)C(NC)CCC[Si]1(OC)OC. The van der Waals surface area contributed by atoms with Crippen molar-refractivity contribution in [1.82, 2.24) is 5.32 Å². The fourth-order valence-electron chi connectivity index (χ4n) is 3.66. The van der Waals surface area contributed by atoms with E-state index in [1.54, 1.807) is 14.2 Å². The number of likely N-dealkylation sites (N-methyl/N-ethyl adjacent to an activating group) is 1. The van der Waals surface area contributed by atoms with Crippen LogP contribution in [0.15, 0.2) is 0 Å². The molecule has 19 heavy (non-hydrogen) atoms. The first-order valence-corrected chi connectivity index (χ1v) is 9.51. The van der Waals surface area contributed by atoms with Gasteiger partial charge >= 0.3 is 8.56 Å². The molecule has 1 fully saturated rings. The van der Waals surface area contributed by atoms with Crippen molar-refractivity contribution in [3.8, 4) is 0 Å². The van der Waals surface area contributed by atoms with Gasteiger partial charge < -0.3 is 18.9 Å². The van der Waals surface area contributed by atoms with Crippen LogP contribution in [0.25, 0.3) is 0 Å². The van der Waals surface area contributed by atoms with Crippen LogP contribution in [0.3, 0.4) is 0 Å². The Balaban J connectivity index is 3.04. The molecule has 0 aromatic rings. The zero-order valence-corrected chi connectivity index (χ0v) is 14.3. The molecule has 4 nitrogen and oxygen atoms in total.